The number of amides is 1. The summed E-state index contributed by atoms with van der Waals surface area (Å²) in [6.07, 6.45) is 7.17. The van der Waals surface area contributed by atoms with Gasteiger partial charge in [-0.05, 0) is 55.5 Å². The minimum atomic E-state index is -0.212. The molecule has 5 rings (SSSR count). The molecule has 1 aliphatic rings. The summed E-state index contributed by atoms with van der Waals surface area (Å²) in [7, 11) is 0. The number of H-pyrrole nitrogens is 1. The topological polar surface area (TPSA) is 108 Å². The van der Waals surface area contributed by atoms with E-state index in [4.69, 9.17) is 16.6 Å². The predicted molar refractivity (Wildman–Crippen MR) is 144 cm³/mol. The molecule has 2 aromatic carbocycles. The van der Waals surface area contributed by atoms with Gasteiger partial charge in [0.05, 0.1) is 16.7 Å². The fourth-order valence-corrected chi connectivity index (χ4v) is 4.78. The number of benzene rings is 2. The van der Waals surface area contributed by atoms with Gasteiger partial charge >= 0.3 is 0 Å². The Morgan fingerprint density at radius 2 is 1.92 bits per heavy atom. The number of nitrogens with one attached hydrogen (secondary N) is 4. The number of carbonyl (C=O) groups is 1. The van der Waals surface area contributed by atoms with Crippen LogP contribution in [0.3, 0.4) is 0 Å². The van der Waals surface area contributed by atoms with Crippen molar-refractivity contribution in [2.45, 2.75) is 44.3 Å². The van der Waals surface area contributed by atoms with E-state index in [1.807, 2.05) is 48.5 Å². The molecular formula is C27H28ClN7O. The minimum Gasteiger partial charge on any atom is -0.351 e. The van der Waals surface area contributed by atoms with E-state index in [0.717, 1.165) is 54.5 Å². The highest BCUT2D eigenvalue weighted by molar-refractivity contribution is 6.33. The van der Waals surface area contributed by atoms with Crippen LogP contribution in [-0.4, -0.2) is 38.2 Å². The number of anilines is 2. The van der Waals surface area contributed by atoms with E-state index in [2.05, 4.69) is 37.7 Å². The molecule has 2 atom stereocenters. The first kappa shape index (κ1) is 24.0. The Labute approximate surface area is 214 Å². The van der Waals surface area contributed by atoms with E-state index in [-0.39, 0.29) is 11.9 Å². The van der Waals surface area contributed by atoms with Crippen LogP contribution >= 0.6 is 11.6 Å². The quantitative estimate of drug-likeness (QED) is 0.244. The highest BCUT2D eigenvalue weighted by atomic mass is 35.5. The van der Waals surface area contributed by atoms with Crippen molar-refractivity contribution in [1.29, 1.82) is 0 Å². The monoisotopic (exact) mass is 501 g/mol. The van der Waals surface area contributed by atoms with Crippen LogP contribution in [0.1, 0.15) is 31.2 Å². The molecule has 9 heteroatoms. The average Bonchev–Trinajstić information content (AvgIpc) is 3.33. The second-order valence-electron chi connectivity index (χ2n) is 8.98. The molecule has 0 spiro atoms. The number of fused-ring (bicyclic) bond motifs is 1. The Morgan fingerprint density at radius 3 is 2.75 bits per heavy atom. The number of hydrogen-bond acceptors (Lipinski definition) is 6. The van der Waals surface area contributed by atoms with Crippen LogP contribution in [0.25, 0.3) is 22.3 Å². The van der Waals surface area contributed by atoms with E-state index < -0.39 is 0 Å². The molecule has 0 saturated heterocycles. The summed E-state index contributed by atoms with van der Waals surface area (Å²) >= 11 is 6.45. The Hall–Kier alpha value is -3.75. The van der Waals surface area contributed by atoms with Crippen molar-refractivity contribution < 1.29 is 4.79 Å². The minimum absolute atomic E-state index is 0.212. The van der Waals surface area contributed by atoms with Crippen molar-refractivity contribution in [3.8, 4) is 11.4 Å². The summed E-state index contributed by atoms with van der Waals surface area (Å²) in [6, 6.07) is 16.4. The van der Waals surface area contributed by atoms with E-state index in [0.29, 0.717) is 22.7 Å². The molecule has 1 amide bonds. The first-order valence-corrected chi connectivity index (χ1v) is 12.4. The Bertz CT molecular complexity index is 1370. The van der Waals surface area contributed by atoms with Gasteiger partial charge in [-0.3, -0.25) is 9.89 Å². The van der Waals surface area contributed by atoms with Crippen molar-refractivity contribution in [3.63, 3.8) is 0 Å². The Morgan fingerprint density at radius 1 is 1.11 bits per heavy atom. The summed E-state index contributed by atoms with van der Waals surface area (Å²) in [5.41, 5.74) is 4.20. The van der Waals surface area contributed by atoms with Crippen LogP contribution in [0, 0.1) is 0 Å². The number of aromatic nitrogens is 4. The third-order valence-corrected chi connectivity index (χ3v) is 6.72. The summed E-state index contributed by atoms with van der Waals surface area (Å²) in [5.74, 6) is 0.348. The molecule has 2 heterocycles. The maximum absolute atomic E-state index is 11.4. The molecule has 0 radical (unpaired) electrons. The van der Waals surface area contributed by atoms with Gasteiger partial charge in [0.2, 0.25) is 11.9 Å². The molecule has 4 N–H and O–H groups in total. The van der Waals surface area contributed by atoms with Crippen molar-refractivity contribution >= 4 is 40.0 Å². The predicted octanol–water partition coefficient (Wildman–Crippen LogP) is 5.31. The maximum Gasteiger partial charge on any atom is 0.247 e. The molecule has 1 fully saturated rings. The third kappa shape index (κ3) is 5.56. The van der Waals surface area contributed by atoms with Crippen LogP contribution < -0.4 is 16.0 Å². The van der Waals surface area contributed by atoms with Gasteiger partial charge in [0, 0.05) is 29.7 Å². The Balaban J connectivity index is 1.20. The molecule has 1 unspecified atom stereocenters. The average molecular weight is 502 g/mol. The number of para-hydroxylation sites is 1. The molecule has 0 bridgehead atoms. The lowest BCUT2D eigenvalue weighted by Crippen LogP contribution is -2.38. The fourth-order valence-electron chi connectivity index (χ4n) is 4.60. The molecule has 184 valence electrons. The zero-order valence-corrected chi connectivity index (χ0v) is 20.6. The molecule has 8 nitrogen and oxygen atoms in total. The Kier molecular flexibility index (Phi) is 7.25. The molecule has 36 heavy (non-hydrogen) atoms. The van der Waals surface area contributed by atoms with Gasteiger partial charge in [0.15, 0.2) is 0 Å². The number of rotatable bonds is 8. The van der Waals surface area contributed by atoms with E-state index >= 15 is 0 Å². The molecule has 1 aliphatic carbocycles. The lowest BCUT2D eigenvalue weighted by Gasteiger charge is -2.30. The zero-order valence-electron chi connectivity index (χ0n) is 19.8. The van der Waals surface area contributed by atoms with Crippen molar-refractivity contribution in [3.05, 3.63) is 78.0 Å². The van der Waals surface area contributed by atoms with Crippen LogP contribution in [0.15, 0.2) is 67.4 Å². The van der Waals surface area contributed by atoms with Crippen LogP contribution in [0.4, 0.5) is 11.6 Å². The number of hydrogen-bond donors (Lipinski definition) is 4. The highest BCUT2D eigenvalue weighted by Crippen LogP contribution is 2.31. The molecule has 1 saturated carbocycles. The van der Waals surface area contributed by atoms with E-state index in [1.54, 1.807) is 6.20 Å². The fraction of sp³-hybridized carbons (Fsp3) is 0.259. The summed E-state index contributed by atoms with van der Waals surface area (Å²) in [5, 5.41) is 18.9. The van der Waals surface area contributed by atoms with Crippen LogP contribution in [0.2, 0.25) is 5.02 Å². The summed E-state index contributed by atoms with van der Waals surface area (Å²) in [6.45, 7) is 4.24. The maximum atomic E-state index is 11.4. The largest absolute Gasteiger partial charge is 0.351 e. The second-order valence-corrected chi connectivity index (χ2v) is 9.39. The lowest BCUT2D eigenvalue weighted by atomic mass is 9.91. The van der Waals surface area contributed by atoms with Gasteiger partial charge in [-0.15, -0.1) is 0 Å². The summed E-state index contributed by atoms with van der Waals surface area (Å²) in [4.78, 5) is 20.6. The molecule has 4 aromatic rings. The first-order chi connectivity index (χ1) is 17.6. The van der Waals surface area contributed by atoms with Crippen molar-refractivity contribution in [2.75, 3.05) is 10.6 Å². The molecule has 0 aliphatic heterocycles. The van der Waals surface area contributed by atoms with Gasteiger partial charge in [-0.2, -0.15) is 5.10 Å². The number of aromatic amines is 1. The van der Waals surface area contributed by atoms with Gasteiger partial charge in [-0.25, -0.2) is 9.97 Å². The van der Waals surface area contributed by atoms with Crippen molar-refractivity contribution in [1.82, 2.24) is 25.5 Å². The lowest BCUT2D eigenvalue weighted by molar-refractivity contribution is -0.111. The summed E-state index contributed by atoms with van der Waals surface area (Å²) < 4.78 is 0. The van der Waals surface area contributed by atoms with Crippen LogP contribution in [0.5, 0.6) is 0 Å². The standard InChI is InChI=1S/C27H28ClN7O/c1-2-24(36)31-18-12-10-17(11-13-18)15-29-19-6-5-7-20(14-19)32-27-30-16-22(28)26(33-27)25-21-8-3-4-9-23(21)34-35-25/h2-4,8-13,16,19-20,29H,1,5-7,14-15H2,(H,31,36)(H,34,35)(H,30,32,33)/t19-,20?/m0/s1. The van der Waals surface area contributed by atoms with Gasteiger partial charge in [-0.1, -0.05) is 48.5 Å². The van der Waals surface area contributed by atoms with E-state index in [1.165, 1.54) is 11.6 Å². The number of carbonyl (C=O) groups excluding carboxylic acids is 1. The van der Waals surface area contributed by atoms with Gasteiger partial charge in [0.25, 0.3) is 0 Å². The van der Waals surface area contributed by atoms with Gasteiger partial charge < -0.3 is 16.0 Å². The first-order valence-electron chi connectivity index (χ1n) is 12.1. The zero-order chi connectivity index (χ0) is 24.9. The smallest absolute Gasteiger partial charge is 0.247 e. The molecular weight excluding hydrogens is 474 g/mol. The highest BCUT2D eigenvalue weighted by Gasteiger charge is 2.23. The van der Waals surface area contributed by atoms with Crippen LogP contribution in [-0.2, 0) is 11.3 Å². The SMILES string of the molecule is C=CC(=O)Nc1ccc(CN[C@H]2CCCC(Nc3ncc(Cl)c(-c4n[nH]c5ccccc45)n3)C2)cc1. The van der Waals surface area contributed by atoms with Crippen molar-refractivity contribution in [2.24, 2.45) is 0 Å². The second kappa shape index (κ2) is 10.9. The number of nitrogens with zero attached hydrogens (tertiary/aromatic N) is 3. The third-order valence-electron chi connectivity index (χ3n) is 6.45. The van der Waals surface area contributed by atoms with E-state index in [9.17, 15) is 4.79 Å². The normalized spacial score (nSPS) is 17.6. The number of halogens is 1. The molecule has 2 aromatic heterocycles. The van der Waals surface area contributed by atoms with Gasteiger partial charge in [0.1, 0.15) is 11.4 Å².